The Morgan fingerprint density at radius 3 is 2.84 bits per heavy atom. The lowest BCUT2D eigenvalue weighted by Gasteiger charge is -2.42. The van der Waals surface area contributed by atoms with Crippen LogP contribution in [0.3, 0.4) is 0 Å². The van der Waals surface area contributed by atoms with Crippen LogP contribution in [0.5, 0.6) is 11.5 Å². The summed E-state index contributed by atoms with van der Waals surface area (Å²) in [6, 6.07) is 11.3. The van der Waals surface area contributed by atoms with E-state index in [0.717, 1.165) is 37.3 Å². The lowest BCUT2D eigenvalue weighted by atomic mass is 9.83. The molecule has 1 aromatic carbocycles. The number of ether oxygens (including phenoxy) is 1. The second-order valence-electron chi connectivity index (χ2n) is 7.09. The summed E-state index contributed by atoms with van der Waals surface area (Å²) in [5.41, 5.74) is 2.17. The summed E-state index contributed by atoms with van der Waals surface area (Å²) in [5.74, 6) is 1.67. The number of hydrogen-bond acceptors (Lipinski definition) is 4. The third kappa shape index (κ3) is 3.04. The van der Waals surface area contributed by atoms with Gasteiger partial charge in [-0.1, -0.05) is 18.2 Å². The number of aromatic nitrogens is 1. The SMILES string of the molecule is CCOc1cccc(CN2CC3CC(C2)c2cccc(=O)n2C3)c1O. The van der Waals surface area contributed by atoms with Crippen LogP contribution in [0.15, 0.2) is 41.2 Å². The molecule has 5 heteroatoms. The van der Waals surface area contributed by atoms with Gasteiger partial charge in [-0.15, -0.1) is 0 Å². The number of piperidine rings is 1. The number of likely N-dealkylation sites (tertiary alicyclic amines) is 1. The molecule has 0 aliphatic carbocycles. The van der Waals surface area contributed by atoms with E-state index in [0.29, 0.717) is 30.7 Å². The number of rotatable bonds is 4. The number of aromatic hydroxyl groups is 1. The molecule has 1 aromatic heterocycles. The predicted molar refractivity (Wildman–Crippen MR) is 96.1 cm³/mol. The van der Waals surface area contributed by atoms with E-state index in [1.165, 1.54) is 0 Å². The van der Waals surface area contributed by atoms with Gasteiger partial charge in [-0.25, -0.2) is 0 Å². The van der Waals surface area contributed by atoms with Gasteiger partial charge in [0.25, 0.3) is 5.56 Å². The molecule has 0 amide bonds. The monoisotopic (exact) mass is 340 g/mol. The first kappa shape index (κ1) is 16.2. The van der Waals surface area contributed by atoms with Crippen molar-refractivity contribution in [3.05, 3.63) is 58.0 Å². The van der Waals surface area contributed by atoms with Gasteiger partial charge in [-0.2, -0.15) is 0 Å². The van der Waals surface area contributed by atoms with E-state index in [2.05, 4.69) is 11.0 Å². The standard InChI is InChI=1S/C20H24N2O3/c1-2-25-18-7-3-5-15(20(18)24)12-21-10-14-9-16(13-21)17-6-4-8-19(23)22(17)11-14/h3-8,14,16,24H,2,9-13H2,1H3. The summed E-state index contributed by atoms with van der Waals surface area (Å²) in [7, 11) is 0. The van der Waals surface area contributed by atoms with E-state index in [-0.39, 0.29) is 11.3 Å². The van der Waals surface area contributed by atoms with Crippen molar-refractivity contribution < 1.29 is 9.84 Å². The van der Waals surface area contributed by atoms with Gasteiger partial charge in [-0.3, -0.25) is 9.69 Å². The largest absolute Gasteiger partial charge is 0.504 e. The third-order valence-corrected chi connectivity index (χ3v) is 5.33. The molecular formula is C20H24N2O3. The Hall–Kier alpha value is -2.27. The van der Waals surface area contributed by atoms with Crippen LogP contribution in [0, 0.1) is 5.92 Å². The van der Waals surface area contributed by atoms with Crippen LogP contribution in [-0.4, -0.2) is 34.3 Å². The van der Waals surface area contributed by atoms with E-state index < -0.39 is 0 Å². The van der Waals surface area contributed by atoms with Crippen LogP contribution >= 0.6 is 0 Å². The highest BCUT2D eigenvalue weighted by atomic mass is 16.5. The lowest BCUT2D eigenvalue weighted by molar-refractivity contribution is 0.113. The normalized spacial score (nSPS) is 22.4. The highest BCUT2D eigenvalue weighted by Crippen LogP contribution is 2.37. The molecule has 1 N–H and O–H groups in total. The molecule has 1 saturated heterocycles. The molecule has 2 bridgehead atoms. The first-order chi connectivity index (χ1) is 12.2. The quantitative estimate of drug-likeness (QED) is 0.929. The number of phenols is 1. The van der Waals surface area contributed by atoms with Crippen LogP contribution in [0.2, 0.25) is 0 Å². The summed E-state index contributed by atoms with van der Waals surface area (Å²) in [5, 5.41) is 10.5. The third-order valence-electron chi connectivity index (χ3n) is 5.33. The molecular weight excluding hydrogens is 316 g/mol. The second-order valence-corrected chi connectivity index (χ2v) is 7.09. The van der Waals surface area contributed by atoms with E-state index in [1.807, 2.05) is 29.7 Å². The number of para-hydroxylation sites is 1. The van der Waals surface area contributed by atoms with Gasteiger partial charge in [-0.05, 0) is 31.4 Å². The maximum atomic E-state index is 12.1. The Kier molecular flexibility index (Phi) is 4.25. The van der Waals surface area contributed by atoms with Crippen LogP contribution < -0.4 is 10.3 Å². The van der Waals surface area contributed by atoms with Gasteiger partial charge in [0.15, 0.2) is 11.5 Å². The van der Waals surface area contributed by atoms with Gasteiger partial charge in [0.2, 0.25) is 0 Å². The minimum Gasteiger partial charge on any atom is -0.504 e. The topological polar surface area (TPSA) is 54.7 Å². The van der Waals surface area contributed by atoms with Crippen LogP contribution in [0.25, 0.3) is 0 Å². The van der Waals surface area contributed by atoms with Crippen molar-refractivity contribution >= 4 is 0 Å². The van der Waals surface area contributed by atoms with E-state index in [9.17, 15) is 9.90 Å². The molecule has 0 radical (unpaired) electrons. The molecule has 4 rings (SSSR count). The Balaban J connectivity index is 1.55. The van der Waals surface area contributed by atoms with Gasteiger partial charge >= 0.3 is 0 Å². The van der Waals surface area contributed by atoms with Gasteiger partial charge in [0, 0.05) is 49.4 Å². The highest BCUT2D eigenvalue weighted by molar-refractivity contribution is 5.45. The number of fused-ring (bicyclic) bond motifs is 4. The molecule has 5 nitrogen and oxygen atoms in total. The first-order valence-electron chi connectivity index (χ1n) is 9.01. The predicted octanol–water partition coefficient (Wildman–Crippen LogP) is 2.57. The Morgan fingerprint density at radius 2 is 2.00 bits per heavy atom. The summed E-state index contributed by atoms with van der Waals surface area (Å²) in [6.45, 7) is 5.82. The minimum absolute atomic E-state index is 0.114. The maximum Gasteiger partial charge on any atom is 0.250 e. The average molecular weight is 340 g/mol. The van der Waals surface area contributed by atoms with E-state index in [4.69, 9.17) is 4.74 Å². The second kappa shape index (κ2) is 6.56. The number of benzene rings is 1. The average Bonchev–Trinajstić information content (AvgIpc) is 2.60. The summed E-state index contributed by atoms with van der Waals surface area (Å²) >= 11 is 0. The minimum atomic E-state index is 0.114. The zero-order valence-electron chi connectivity index (χ0n) is 14.5. The Labute approximate surface area is 147 Å². The first-order valence-corrected chi connectivity index (χ1v) is 9.01. The number of phenolic OH excluding ortho intramolecular Hbond substituents is 1. The molecule has 2 atom stereocenters. The molecule has 132 valence electrons. The Bertz CT molecular complexity index is 830. The molecule has 2 unspecified atom stereocenters. The molecule has 3 heterocycles. The fourth-order valence-electron chi connectivity index (χ4n) is 4.33. The van der Waals surface area contributed by atoms with Crippen molar-refractivity contribution in [2.45, 2.75) is 32.4 Å². The van der Waals surface area contributed by atoms with Crippen LogP contribution in [0.1, 0.15) is 30.5 Å². The molecule has 1 fully saturated rings. The smallest absolute Gasteiger partial charge is 0.250 e. The summed E-state index contributed by atoms with van der Waals surface area (Å²) in [6.07, 6.45) is 1.14. The highest BCUT2D eigenvalue weighted by Gasteiger charge is 2.34. The van der Waals surface area contributed by atoms with Crippen molar-refractivity contribution in [1.29, 1.82) is 0 Å². The number of nitrogens with zero attached hydrogens (tertiary/aromatic N) is 2. The van der Waals surface area contributed by atoms with Gasteiger partial charge in [0.05, 0.1) is 6.61 Å². The van der Waals surface area contributed by atoms with Gasteiger partial charge < -0.3 is 14.4 Å². The van der Waals surface area contributed by atoms with Crippen LogP contribution in [0.4, 0.5) is 0 Å². The molecule has 25 heavy (non-hydrogen) atoms. The molecule has 2 aliphatic heterocycles. The summed E-state index contributed by atoms with van der Waals surface area (Å²) < 4.78 is 7.44. The van der Waals surface area contributed by atoms with Crippen molar-refractivity contribution in [2.75, 3.05) is 19.7 Å². The zero-order chi connectivity index (χ0) is 17.4. The summed E-state index contributed by atoms with van der Waals surface area (Å²) in [4.78, 5) is 14.5. The molecule has 0 spiro atoms. The van der Waals surface area contributed by atoms with E-state index >= 15 is 0 Å². The van der Waals surface area contributed by atoms with Crippen molar-refractivity contribution in [1.82, 2.24) is 9.47 Å². The fourth-order valence-corrected chi connectivity index (χ4v) is 4.33. The fraction of sp³-hybridized carbons (Fsp3) is 0.450. The lowest BCUT2D eigenvalue weighted by Crippen LogP contribution is -2.46. The van der Waals surface area contributed by atoms with E-state index in [1.54, 1.807) is 12.1 Å². The maximum absolute atomic E-state index is 12.1. The van der Waals surface area contributed by atoms with Gasteiger partial charge in [0.1, 0.15) is 0 Å². The van der Waals surface area contributed by atoms with Crippen molar-refractivity contribution in [3.63, 3.8) is 0 Å². The molecule has 2 aliphatic rings. The van der Waals surface area contributed by atoms with Crippen LogP contribution in [-0.2, 0) is 13.1 Å². The van der Waals surface area contributed by atoms with Crippen molar-refractivity contribution in [2.24, 2.45) is 5.92 Å². The molecule has 0 saturated carbocycles. The van der Waals surface area contributed by atoms with Crippen molar-refractivity contribution in [3.8, 4) is 11.5 Å². The number of hydrogen-bond donors (Lipinski definition) is 1. The number of pyridine rings is 1. The molecule has 2 aromatic rings. The Morgan fingerprint density at radius 1 is 1.16 bits per heavy atom. The zero-order valence-corrected chi connectivity index (χ0v) is 14.5.